The van der Waals surface area contributed by atoms with Crippen molar-refractivity contribution >= 4 is 10.1 Å². The lowest BCUT2D eigenvalue weighted by atomic mass is 9.86. The maximum Gasteiger partial charge on any atom is 0.297 e. The molecular formula is C25H26O4S. The largest absolute Gasteiger partial charge is 0.485 e. The molecule has 0 bridgehead atoms. The van der Waals surface area contributed by atoms with Crippen LogP contribution >= 0.6 is 0 Å². The van der Waals surface area contributed by atoms with E-state index in [1.54, 1.807) is 24.3 Å². The van der Waals surface area contributed by atoms with Gasteiger partial charge in [0.05, 0.1) is 4.90 Å². The normalized spacial score (nSPS) is 18.4. The molecule has 1 atom stereocenters. The van der Waals surface area contributed by atoms with Crippen LogP contribution in [0.2, 0.25) is 0 Å². The molecule has 4 rings (SSSR count). The fourth-order valence-electron chi connectivity index (χ4n) is 3.78. The first-order valence-electron chi connectivity index (χ1n) is 10.2. The highest BCUT2D eigenvalue weighted by atomic mass is 32.2. The minimum atomic E-state index is -3.85. The lowest BCUT2D eigenvalue weighted by molar-refractivity contribution is -0.00340. The van der Waals surface area contributed by atoms with Crippen molar-refractivity contribution in [1.82, 2.24) is 0 Å². The standard InChI is InChI=1S/C25H26O4S/c1-20-11-13-23(14-12-20)30(26,27)28-19-25(17-15-21-7-3-2-4-8-21)18-16-22-9-5-6-10-24(22)29-25/h2-14H,15-19H2,1H3/t25-/m0/s1. The summed E-state index contributed by atoms with van der Waals surface area (Å²) in [6, 6.07) is 24.8. The molecule has 0 saturated heterocycles. The smallest absolute Gasteiger partial charge is 0.297 e. The summed E-state index contributed by atoms with van der Waals surface area (Å²) in [6.07, 6.45) is 3.00. The summed E-state index contributed by atoms with van der Waals surface area (Å²) >= 11 is 0. The van der Waals surface area contributed by atoms with Crippen LogP contribution in [-0.4, -0.2) is 20.6 Å². The van der Waals surface area contributed by atoms with E-state index in [9.17, 15) is 8.42 Å². The van der Waals surface area contributed by atoms with Crippen molar-refractivity contribution in [3.05, 3.63) is 95.6 Å². The summed E-state index contributed by atoms with van der Waals surface area (Å²) in [6.45, 7) is 1.91. The molecule has 3 aromatic carbocycles. The van der Waals surface area contributed by atoms with Crippen LogP contribution in [0.4, 0.5) is 0 Å². The first-order chi connectivity index (χ1) is 14.5. The first kappa shape index (κ1) is 20.6. The Bertz CT molecular complexity index is 1090. The summed E-state index contributed by atoms with van der Waals surface area (Å²) in [7, 11) is -3.85. The van der Waals surface area contributed by atoms with E-state index in [-0.39, 0.29) is 11.5 Å². The predicted octanol–water partition coefficient (Wildman–Crippen LogP) is 5.10. The maximum atomic E-state index is 12.8. The SMILES string of the molecule is Cc1ccc(S(=O)(=O)OC[C@]2(CCc3ccccc3)CCc3ccccc3O2)cc1. The zero-order valence-electron chi connectivity index (χ0n) is 17.1. The highest BCUT2D eigenvalue weighted by Gasteiger charge is 2.38. The Morgan fingerprint density at radius 3 is 2.40 bits per heavy atom. The molecular weight excluding hydrogens is 396 g/mol. The third-order valence-electron chi connectivity index (χ3n) is 5.65. The van der Waals surface area contributed by atoms with Gasteiger partial charge in [0, 0.05) is 0 Å². The van der Waals surface area contributed by atoms with E-state index < -0.39 is 15.7 Å². The molecule has 0 N–H and O–H groups in total. The van der Waals surface area contributed by atoms with E-state index in [2.05, 4.69) is 18.2 Å². The number of fused-ring (bicyclic) bond motifs is 1. The van der Waals surface area contributed by atoms with Gasteiger partial charge in [0.15, 0.2) is 0 Å². The van der Waals surface area contributed by atoms with Gasteiger partial charge in [0.1, 0.15) is 18.0 Å². The molecule has 0 saturated carbocycles. The highest BCUT2D eigenvalue weighted by Crippen LogP contribution is 2.36. The quantitative estimate of drug-likeness (QED) is 0.497. The number of benzene rings is 3. The minimum absolute atomic E-state index is 0.00955. The van der Waals surface area contributed by atoms with Gasteiger partial charge in [-0.2, -0.15) is 8.42 Å². The Morgan fingerprint density at radius 1 is 0.933 bits per heavy atom. The Balaban J connectivity index is 1.55. The molecule has 0 aliphatic carbocycles. The molecule has 4 nitrogen and oxygen atoms in total. The molecule has 0 amide bonds. The molecule has 0 fully saturated rings. The van der Waals surface area contributed by atoms with Gasteiger partial charge in [-0.3, -0.25) is 4.18 Å². The van der Waals surface area contributed by atoms with Crippen molar-refractivity contribution < 1.29 is 17.3 Å². The monoisotopic (exact) mass is 422 g/mol. The van der Waals surface area contributed by atoms with Gasteiger partial charge in [-0.05, 0) is 61.9 Å². The summed E-state index contributed by atoms with van der Waals surface area (Å²) in [5.41, 5.74) is 2.65. The molecule has 0 unspecified atom stereocenters. The van der Waals surface area contributed by atoms with Gasteiger partial charge in [0.2, 0.25) is 0 Å². The van der Waals surface area contributed by atoms with E-state index in [0.717, 1.165) is 29.7 Å². The average Bonchev–Trinajstić information content (AvgIpc) is 2.77. The Labute approximate surface area is 178 Å². The van der Waals surface area contributed by atoms with Crippen LogP contribution in [0.5, 0.6) is 5.75 Å². The van der Waals surface area contributed by atoms with Gasteiger partial charge in [-0.25, -0.2) is 0 Å². The number of hydrogen-bond donors (Lipinski definition) is 0. The third-order valence-corrected chi connectivity index (χ3v) is 6.93. The second kappa shape index (κ2) is 8.62. The number of ether oxygens (including phenoxy) is 1. The van der Waals surface area contributed by atoms with E-state index in [1.807, 2.05) is 43.3 Å². The van der Waals surface area contributed by atoms with Crippen LogP contribution < -0.4 is 4.74 Å². The number of aryl methyl sites for hydroxylation is 3. The van der Waals surface area contributed by atoms with Gasteiger partial charge in [-0.1, -0.05) is 66.2 Å². The molecule has 3 aromatic rings. The Hall–Kier alpha value is -2.63. The van der Waals surface area contributed by atoms with Crippen molar-refractivity contribution in [3.8, 4) is 5.75 Å². The van der Waals surface area contributed by atoms with E-state index in [4.69, 9.17) is 8.92 Å². The fourth-order valence-corrected chi connectivity index (χ4v) is 4.76. The zero-order valence-corrected chi connectivity index (χ0v) is 17.9. The topological polar surface area (TPSA) is 52.6 Å². The van der Waals surface area contributed by atoms with Crippen molar-refractivity contribution in [2.75, 3.05) is 6.61 Å². The number of rotatable bonds is 7. The minimum Gasteiger partial charge on any atom is -0.485 e. The molecule has 1 heterocycles. The van der Waals surface area contributed by atoms with Crippen LogP contribution in [-0.2, 0) is 27.1 Å². The van der Waals surface area contributed by atoms with Gasteiger partial charge in [0.25, 0.3) is 10.1 Å². The number of para-hydroxylation sites is 1. The molecule has 5 heteroatoms. The van der Waals surface area contributed by atoms with Gasteiger partial charge < -0.3 is 4.74 Å². The lowest BCUT2D eigenvalue weighted by Gasteiger charge is -2.38. The summed E-state index contributed by atoms with van der Waals surface area (Å²) in [4.78, 5) is 0.169. The van der Waals surface area contributed by atoms with Crippen LogP contribution in [0, 0.1) is 6.92 Å². The summed E-state index contributed by atoms with van der Waals surface area (Å²) in [5, 5.41) is 0. The molecule has 1 aliphatic heterocycles. The van der Waals surface area contributed by atoms with E-state index in [1.165, 1.54) is 5.56 Å². The van der Waals surface area contributed by atoms with Crippen LogP contribution in [0.25, 0.3) is 0 Å². The predicted molar refractivity (Wildman–Crippen MR) is 117 cm³/mol. The third kappa shape index (κ3) is 4.74. The molecule has 1 aliphatic rings. The van der Waals surface area contributed by atoms with Crippen LogP contribution in [0.15, 0.2) is 83.8 Å². The van der Waals surface area contributed by atoms with Crippen molar-refractivity contribution in [2.24, 2.45) is 0 Å². The molecule has 30 heavy (non-hydrogen) atoms. The molecule has 0 spiro atoms. The average molecular weight is 423 g/mol. The van der Waals surface area contributed by atoms with Crippen molar-refractivity contribution in [2.45, 2.75) is 43.1 Å². The summed E-state index contributed by atoms with van der Waals surface area (Å²) < 4.78 is 37.5. The second-order valence-electron chi connectivity index (χ2n) is 7.91. The second-order valence-corrected chi connectivity index (χ2v) is 9.52. The maximum absolute atomic E-state index is 12.8. The van der Waals surface area contributed by atoms with Gasteiger partial charge >= 0.3 is 0 Å². The van der Waals surface area contributed by atoms with Crippen molar-refractivity contribution in [1.29, 1.82) is 0 Å². The number of hydrogen-bond acceptors (Lipinski definition) is 4. The van der Waals surface area contributed by atoms with E-state index in [0.29, 0.717) is 12.8 Å². The van der Waals surface area contributed by atoms with Crippen LogP contribution in [0.1, 0.15) is 29.5 Å². The Morgan fingerprint density at radius 2 is 1.63 bits per heavy atom. The first-order valence-corrected chi connectivity index (χ1v) is 11.6. The lowest BCUT2D eigenvalue weighted by Crippen LogP contribution is -2.45. The van der Waals surface area contributed by atoms with E-state index >= 15 is 0 Å². The van der Waals surface area contributed by atoms with Crippen LogP contribution in [0.3, 0.4) is 0 Å². The highest BCUT2D eigenvalue weighted by molar-refractivity contribution is 7.86. The summed E-state index contributed by atoms with van der Waals surface area (Å²) in [5.74, 6) is 0.813. The molecule has 156 valence electrons. The Kier molecular flexibility index (Phi) is 5.93. The zero-order chi connectivity index (χ0) is 21.0. The van der Waals surface area contributed by atoms with Gasteiger partial charge in [-0.15, -0.1) is 0 Å². The van der Waals surface area contributed by atoms with Crippen molar-refractivity contribution in [3.63, 3.8) is 0 Å². The fraction of sp³-hybridized carbons (Fsp3) is 0.280. The molecule has 0 aromatic heterocycles. The molecule has 0 radical (unpaired) electrons.